The third-order valence-electron chi connectivity index (χ3n) is 3.51. The number of hydrogen-bond donors (Lipinski definition) is 1. The van der Waals surface area contributed by atoms with Crippen LogP contribution in [0.15, 0.2) is 30.3 Å². The zero-order valence-corrected chi connectivity index (χ0v) is 12.0. The maximum absolute atomic E-state index is 12.1. The fourth-order valence-electron chi connectivity index (χ4n) is 2.41. The molecule has 108 valence electrons. The summed E-state index contributed by atoms with van der Waals surface area (Å²) in [6.07, 6.45) is 4.50. The maximum atomic E-state index is 12.1. The van der Waals surface area contributed by atoms with Crippen molar-refractivity contribution >= 4 is 12.0 Å². The van der Waals surface area contributed by atoms with E-state index in [0.717, 1.165) is 44.7 Å². The fourth-order valence-corrected chi connectivity index (χ4v) is 2.41. The van der Waals surface area contributed by atoms with Crippen molar-refractivity contribution in [1.29, 1.82) is 0 Å². The second kappa shape index (κ2) is 7.10. The first-order chi connectivity index (χ1) is 9.69. The fraction of sp³-hybridized carbons (Fsp3) is 0.438. The van der Waals surface area contributed by atoms with Crippen LogP contribution in [0.5, 0.6) is 5.75 Å². The van der Waals surface area contributed by atoms with Gasteiger partial charge in [0.15, 0.2) is 0 Å². The first-order valence-electron chi connectivity index (χ1n) is 7.17. The highest BCUT2D eigenvalue weighted by Crippen LogP contribution is 2.12. The standard InChI is InChI=1S/C16H22N2O2/c1-2-8-17-9-11-18(12-10-17)16(20)7-6-14-4-3-5-15(19)13-14/h3-7,13,19H,2,8-12H2,1H3. The molecule has 2 rings (SSSR count). The lowest BCUT2D eigenvalue weighted by molar-refractivity contribution is -0.127. The number of phenols is 1. The monoisotopic (exact) mass is 274 g/mol. The van der Waals surface area contributed by atoms with Gasteiger partial charge in [-0.05, 0) is 36.7 Å². The number of nitrogens with zero attached hydrogens (tertiary/aromatic N) is 2. The second-order valence-corrected chi connectivity index (χ2v) is 5.10. The molecule has 0 unspecified atom stereocenters. The summed E-state index contributed by atoms with van der Waals surface area (Å²) in [4.78, 5) is 16.4. The van der Waals surface area contributed by atoms with Crippen LogP contribution in [-0.2, 0) is 4.79 Å². The van der Waals surface area contributed by atoms with Crippen molar-refractivity contribution in [3.05, 3.63) is 35.9 Å². The molecular weight excluding hydrogens is 252 g/mol. The summed E-state index contributed by atoms with van der Waals surface area (Å²) in [5, 5.41) is 9.37. The number of hydrogen-bond acceptors (Lipinski definition) is 3. The smallest absolute Gasteiger partial charge is 0.246 e. The van der Waals surface area contributed by atoms with Crippen LogP contribution in [-0.4, -0.2) is 53.5 Å². The normalized spacial score (nSPS) is 16.8. The van der Waals surface area contributed by atoms with Gasteiger partial charge in [0.1, 0.15) is 5.75 Å². The summed E-state index contributed by atoms with van der Waals surface area (Å²) in [6.45, 7) is 6.79. The molecule has 4 heteroatoms. The molecule has 1 heterocycles. The zero-order valence-electron chi connectivity index (χ0n) is 12.0. The van der Waals surface area contributed by atoms with Crippen LogP contribution < -0.4 is 0 Å². The summed E-state index contributed by atoms with van der Waals surface area (Å²) in [7, 11) is 0. The first kappa shape index (κ1) is 14.6. The lowest BCUT2D eigenvalue weighted by Crippen LogP contribution is -2.48. The molecule has 0 aliphatic carbocycles. The summed E-state index contributed by atoms with van der Waals surface area (Å²) < 4.78 is 0. The van der Waals surface area contributed by atoms with E-state index in [2.05, 4.69) is 11.8 Å². The van der Waals surface area contributed by atoms with Crippen molar-refractivity contribution in [1.82, 2.24) is 9.80 Å². The quantitative estimate of drug-likeness (QED) is 0.854. The SMILES string of the molecule is CCCN1CCN(C(=O)C=Cc2cccc(O)c2)CC1. The van der Waals surface area contributed by atoms with Gasteiger partial charge in [0.2, 0.25) is 5.91 Å². The van der Waals surface area contributed by atoms with Crippen molar-refractivity contribution in [2.24, 2.45) is 0 Å². The largest absolute Gasteiger partial charge is 0.508 e. The second-order valence-electron chi connectivity index (χ2n) is 5.10. The third-order valence-corrected chi connectivity index (χ3v) is 3.51. The molecule has 0 radical (unpaired) electrons. The van der Waals surface area contributed by atoms with E-state index in [1.54, 1.807) is 30.4 Å². The molecule has 1 aliphatic rings. The Bertz CT molecular complexity index is 477. The molecule has 1 aromatic carbocycles. The number of phenolic OH excluding ortho intramolecular Hbond substituents is 1. The first-order valence-corrected chi connectivity index (χ1v) is 7.17. The molecule has 0 aromatic heterocycles. The van der Waals surface area contributed by atoms with Crippen LogP contribution in [0.3, 0.4) is 0 Å². The van der Waals surface area contributed by atoms with Crippen molar-refractivity contribution in [2.45, 2.75) is 13.3 Å². The Morgan fingerprint density at radius 3 is 2.70 bits per heavy atom. The van der Waals surface area contributed by atoms with Gasteiger partial charge in [-0.15, -0.1) is 0 Å². The Kier molecular flexibility index (Phi) is 5.18. The minimum absolute atomic E-state index is 0.0458. The van der Waals surface area contributed by atoms with Gasteiger partial charge >= 0.3 is 0 Å². The highest BCUT2D eigenvalue weighted by Gasteiger charge is 2.18. The lowest BCUT2D eigenvalue weighted by atomic mass is 10.2. The van der Waals surface area contributed by atoms with E-state index in [-0.39, 0.29) is 11.7 Å². The van der Waals surface area contributed by atoms with Gasteiger partial charge in [-0.25, -0.2) is 0 Å². The molecule has 0 saturated carbocycles. The molecule has 1 amide bonds. The molecule has 4 nitrogen and oxygen atoms in total. The minimum Gasteiger partial charge on any atom is -0.508 e. The molecule has 20 heavy (non-hydrogen) atoms. The number of carbonyl (C=O) groups excluding carboxylic acids is 1. The van der Waals surface area contributed by atoms with E-state index in [9.17, 15) is 9.90 Å². The molecule has 1 N–H and O–H groups in total. The predicted octanol–water partition coefficient (Wildman–Crippen LogP) is 1.96. The van der Waals surface area contributed by atoms with E-state index in [4.69, 9.17) is 0 Å². The van der Waals surface area contributed by atoms with Crippen LogP contribution in [0, 0.1) is 0 Å². The highest BCUT2D eigenvalue weighted by atomic mass is 16.3. The molecule has 1 fully saturated rings. The topological polar surface area (TPSA) is 43.8 Å². The minimum atomic E-state index is 0.0458. The summed E-state index contributed by atoms with van der Waals surface area (Å²) >= 11 is 0. The van der Waals surface area contributed by atoms with E-state index in [0.29, 0.717) is 0 Å². The van der Waals surface area contributed by atoms with Gasteiger partial charge < -0.3 is 10.0 Å². The van der Waals surface area contributed by atoms with Gasteiger partial charge in [-0.2, -0.15) is 0 Å². The molecule has 1 aliphatic heterocycles. The summed E-state index contributed by atoms with van der Waals surface area (Å²) in [5.74, 6) is 0.261. The van der Waals surface area contributed by atoms with Crippen molar-refractivity contribution in [3.63, 3.8) is 0 Å². The van der Waals surface area contributed by atoms with Crippen molar-refractivity contribution in [3.8, 4) is 5.75 Å². The van der Waals surface area contributed by atoms with Crippen LogP contribution in [0.25, 0.3) is 6.08 Å². The average Bonchev–Trinajstić information content (AvgIpc) is 2.46. The molecule has 1 saturated heterocycles. The Balaban J connectivity index is 1.86. The molecular formula is C16H22N2O2. The van der Waals surface area contributed by atoms with E-state index in [1.165, 1.54) is 0 Å². The molecule has 0 bridgehead atoms. The van der Waals surface area contributed by atoms with Crippen LogP contribution in [0.2, 0.25) is 0 Å². The van der Waals surface area contributed by atoms with Crippen molar-refractivity contribution < 1.29 is 9.90 Å². The number of piperazine rings is 1. The number of benzene rings is 1. The zero-order chi connectivity index (χ0) is 14.4. The maximum Gasteiger partial charge on any atom is 0.246 e. The van der Waals surface area contributed by atoms with Crippen LogP contribution >= 0.6 is 0 Å². The highest BCUT2D eigenvalue weighted by molar-refractivity contribution is 5.91. The van der Waals surface area contributed by atoms with E-state index in [1.807, 2.05) is 11.0 Å². The van der Waals surface area contributed by atoms with Gasteiger partial charge in [-0.1, -0.05) is 19.1 Å². The number of rotatable bonds is 4. The van der Waals surface area contributed by atoms with Crippen molar-refractivity contribution in [2.75, 3.05) is 32.7 Å². The Morgan fingerprint density at radius 2 is 2.05 bits per heavy atom. The van der Waals surface area contributed by atoms with Crippen LogP contribution in [0.4, 0.5) is 0 Å². The number of carbonyl (C=O) groups is 1. The molecule has 1 aromatic rings. The van der Waals surface area contributed by atoms with Gasteiger partial charge in [0.05, 0.1) is 0 Å². The Morgan fingerprint density at radius 1 is 1.30 bits per heavy atom. The number of aromatic hydroxyl groups is 1. The molecule has 0 spiro atoms. The lowest BCUT2D eigenvalue weighted by Gasteiger charge is -2.34. The van der Waals surface area contributed by atoms with Gasteiger partial charge in [-0.3, -0.25) is 9.69 Å². The summed E-state index contributed by atoms with van der Waals surface area (Å²) in [5.41, 5.74) is 0.836. The van der Waals surface area contributed by atoms with Gasteiger partial charge in [0, 0.05) is 32.3 Å². The Labute approximate surface area is 120 Å². The van der Waals surface area contributed by atoms with E-state index < -0.39 is 0 Å². The van der Waals surface area contributed by atoms with Gasteiger partial charge in [0.25, 0.3) is 0 Å². The predicted molar refractivity (Wildman–Crippen MR) is 80.5 cm³/mol. The number of amides is 1. The van der Waals surface area contributed by atoms with Crippen LogP contribution in [0.1, 0.15) is 18.9 Å². The molecule has 0 atom stereocenters. The van der Waals surface area contributed by atoms with E-state index >= 15 is 0 Å². The third kappa shape index (κ3) is 4.10. The average molecular weight is 274 g/mol. The Hall–Kier alpha value is -1.81. The summed E-state index contributed by atoms with van der Waals surface area (Å²) in [6, 6.07) is 6.89.